The van der Waals surface area contributed by atoms with Crippen LogP contribution in [0.5, 0.6) is 0 Å². The minimum Gasteiger partial charge on any atom is -0.456 e. The number of phosphoric ester groups is 1. The molecule has 71 heavy (non-hydrogen) atoms. The van der Waals surface area contributed by atoms with Gasteiger partial charge in [0.05, 0.1) is 33.8 Å². The standard InChI is InChI=1S/C61H117N2O7P/c1-7-10-13-16-19-22-25-27-28-29-30-31-32-33-34-36-38-41-44-47-50-53-60(64)62-58(57-69-71(66,67)68-56-55-63(4,5)6)59(52-49-46-43-40-37-24-21-18-15-12-9-3)70-61(65)54-51-48-45-42-39-35-26-23-20-17-14-11-8-2/h27-28,35,39,49,52,58-59H,7-26,29-34,36-38,40-48,50-51,53-57H2,1-6H3,(H-,62,64,66,67)/p+1/b28-27+,39-35-,52-49-. The predicted molar refractivity (Wildman–Crippen MR) is 305 cm³/mol. The number of phosphoric acid groups is 1. The third-order valence-corrected chi connectivity index (χ3v) is 14.5. The number of carbonyl (C=O) groups excluding carboxylic acids is 2. The first-order valence-corrected chi connectivity index (χ1v) is 31.8. The van der Waals surface area contributed by atoms with Gasteiger partial charge in [0.1, 0.15) is 19.3 Å². The first-order valence-electron chi connectivity index (χ1n) is 30.3. The fraction of sp³-hybridized carbons (Fsp3) is 0.869. The van der Waals surface area contributed by atoms with Gasteiger partial charge in [-0.3, -0.25) is 18.6 Å². The van der Waals surface area contributed by atoms with Crippen LogP contribution in [-0.2, 0) is 27.9 Å². The topological polar surface area (TPSA) is 111 Å². The Morgan fingerprint density at radius 1 is 0.479 bits per heavy atom. The van der Waals surface area contributed by atoms with Gasteiger partial charge < -0.3 is 19.4 Å². The molecule has 3 unspecified atom stereocenters. The molecule has 0 aliphatic rings. The van der Waals surface area contributed by atoms with Gasteiger partial charge in [0.15, 0.2) is 0 Å². The van der Waals surface area contributed by atoms with Gasteiger partial charge in [-0.05, 0) is 83.1 Å². The molecule has 0 rings (SSSR count). The van der Waals surface area contributed by atoms with E-state index >= 15 is 0 Å². The number of nitrogens with one attached hydrogen (secondary N) is 1. The summed E-state index contributed by atoms with van der Waals surface area (Å²) >= 11 is 0. The van der Waals surface area contributed by atoms with Crippen molar-refractivity contribution in [2.45, 2.75) is 303 Å². The molecule has 418 valence electrons. The summed E-state index contributed by atoms with van der Waals surface area (Å²) in [5.74, 6) is -0.516. The lowest BCUT2D eigenvalue weighted by Gasteiger charge is -2.27. The van der Waals surface area contributed by atoms with Crippen molar-refractivity contribution in [3.63, 3.8) is 0 Å². The zero-order valence-corrected chi connectivity index (χ0v) is 48.6. The van der Waals surface area contributed by atoms with E-state index in [1.54, 1.807) is 0 Å². The molecule has 9 nitrogen and oxygen atoms in total. The van der Waals surface area contributed by atoms with Gasteiger partial charge in [-0.25, -0.2) is 4.57 Å². The lowest BCUT2D eigenvalue weighted by atomic mass is 10.0. The summed E-state index contributed by atoms with van der Waals surface area (Å²) in [6, 6.07) is -0.851. The van der Waals surface area contributed by atoms with Gasteiger partial charge in [0, 0.05) is 12.8 Å². The van der Waals surface area contributed by atoms with Crippen molar-refractivity contribution in [3.05, 3.63) is 36.5 Å². The summed E-state index contributed by atoms with van der Waals surface area (Å²) < 4.78 is 30.6. The van der Waals surface area contributed by atoms with E-state index in [-0.39, 0.29) is 31.5 Å². The third-order valence-electron chi connectivity index (χ3n) is 13.6. The molecule has 0 spiro atoms. The molecule has 1 amide bonds. The summed E-state index contributed by atoms with van der Waals surface area (Å²) in [4.78, 5) is 37.6. The van der Waals surface area contributed by atoms with E-state index in [1.807, 2.05) is 33.3 Å². The molecule has 0 saturated heterocycles. The van der Waals surface area contributed by atoms with Crippen molar-refractivity contribution in [1.29, 1.82) is 0 Å². The van der Waals surface area contributed by atoms with E-state index in [1.165, 1.54) is 186 Å². The Morgan fingerprint density at radius 3 is 1.21 bits per heavy atom. The van der Waals surface area contributed by atoms with Gasteiger partial charge in [0.2, 0.25) is 5.91 Å². The molecule has 0 aromatic heterocycles. The fourth-order valence-electron chi connectivity index (χ4n) is 8.81. The number of esters is 1. The Kier molecular flexibility index (Phi) is 50.4. The van der Waals surface area contributed by atoms with Crippen LogP contribution in [0.4, 0.5) is 0 Å². The number of amides is 1. The molecule has 0 aromatic rings. The van der Waals surface area contributed by atoms with E-state index in [0.29, 0.717) is 17.4 Å². The second kappa shape index (κ2) is 51.7. The summed E-state index contributed by atoms with van der Waals surface area (Å²) in [6.45, 7) is 7.01. The Balaban J connectivity index is 5.19. The highest BCUT2D eigenvalue weighted by Gasteiger charge is 2.30. The Morgan fingerprint density at radius 2 is 0.817 bits per heavy atom. The van der Waals surface area contributed by atoms with Crippen LogP contribution in [0.3, 0.4) is 0 Å². The molecular formula is C61H118N2O7P+. The maximum absolute atomic E-state index is 13.5. The third kappa shape index (κ3) is 52.9. The van der Waals surface area contributed by atoms with E-state index in [9.17, 15) is 19.0 Å². The second-order valence-electron chi connectivity index (χ2n) is 21.9. The second-order valence-corrected chi connectivity index (χ2v) is 23.3. The lowest BCUT2D eigenvalue weighted by molar-refractivity contribution is -0.870. The molecule has 2 N–H and O–H groups in total. The smallest absolute Gasteiger partial charge is 0.456 e. The van der Waals surface area contributed by atoms with Crippen LogP contribution in [0.15, 0.2) is 36.5 Å². The Labute approximate surface area is 440 Å². The van der Waals surface area contributed by atoms with Crippen molar-refractivity contribution in [3.8, 4) is 0 Å². The van der Waals surface area contributed by atoms with E-state index < -0.39 is 20.0 Å². The number of nitrogens with zero attached hydrogens (tertiary/aromatic N) is 1. The van der Waals surface area contributed by atoms with E-state index in [4.69, 9.17) is 13.8 Å². The number of rotatable bonds is 55. The number of quaternary nitrogens is 1. The first-order chi connectivity index (χ1) is 34.4. The molecule has 0 heterocycles. The zero-order chi connectivity index (χ0) is 52.2. The Bertz CT molecular complexity index is 1310. The van der Waals surface area contributed by atoms with Gasteiger partial charge in [-0.2, -0.15) is 0 Å². The van der Waals surface area contributed by atoms with E-state index in [0.717, 1.165) is 70.6 Å². The molecular weight excluding hydrogens is 904 g/mol. The van der Waals surface area contributed by atoms with E-state index in [2.05, 4.69) is 50.4 Å². The monoisotopic (exact) mass is 1020 g/mol. The number of unbranched alkanes of at least 4 members (excludes halogenated alkanes) is 35. The minimum absolute atomic E-state index is 0.0394. The number of hydrogen-bond acceptors (Lipinski definition) is 6. The molecule has 0 radical (unpaired) electrons. The van der Waals surface area contributed by atoms with Crippen molar-refractivity contribution in [2.24, 2.45) is 0 Å². The highest BCUT2D eigenvalue weighted by Crippen LogP contribution is 2.43. The zero-order valence-electron chi connectivity index (χ0n) is 47.7. The number of likely N-dealkylation sites (N-methyl/N-ethyl adjacent to an activating group) is 1. The van der Waals surface area contributed by atoms with Gasteiger partial charge in [-0.15, -0.1) is 0 Å². The maximum atomic E-state index is 13.5. The van der Waals surface area contributed by atoms with Crippen molar-refractivity contribution < 1.29 is 37.3 Å². The molecule has 0 saturated carbocycles. The number of ether oxygens (including phenoxy) is 1. The SMILES string of the molecule is CCCCCCCC/C=C\CCCCCC(=O)OC(/C=C\CCCCCCCCCCC)C(COP(=O)(O)OCC[N+](C)(C)C)NC(=O)CCCCCCCCCCCCC/C=C/CCCCCCCC. The minimum atomic E-state index is -4.44. The van der Waals surface area contributed by atoms with Crippen LogP contribution in [0.25, 0.3) is 0 Å². The fourth-order valence-corrected chi connectivity index (χ4v) is 9.55. The first kappa shape index (κ1) is 69.2. The van der Waals surface area contributed by atoms with Crippen LogP contribution in [-0.4, -0.2) is 74.3 Å². The van der Waals surface area contributed by atoms with Gasteiger partial charge in [0.25, 0.3) is 0 Å². The molecule has 0 aliphatic carbocycles. The highest BCUT2D eigenvalue weighted by atomic mass is 31.2. The van der Waals surface area contributed by atoms with Crippen molar-refractivity contribution in [2.75, 3.05) is 40.9 Å². The predicted octanol–water partition coefficient (Wildman–Crippen LogP) is 18.3. The number of hydrogen-bond donors (Lipinski definition) is 2. The van der Waals surface area contributed by atoms with Crippen LogP contribution >= 0.6 is 7.82 Å². The van der Waals surface area contributed by atoms with Crippen molar-refractivity contribution >= 4 is 19.7 Å². The van der Waals surface area contributed by atoms with Gasteiger partial charge in [-0.1, -0.05) is 231 Å². The summed E-state index contributed by atoms with van der Waals surface area (Å²) in [5.41, 5.74) is 0. The summed E-state index contributed by atoms with van der Waals surface area (Å²) in [7, 11) is 1.50. The number of carbonyl (C=O) groups is 2. The lowest BCUT2D eigenvalue weighted by Crippen LogP contribution is -2.47. The molecule has 0 bridgehead atoms. The normalized spacial score (nSPS) is 14.0. The van der Waals surface area contributed by atoms with Crippen LogP contribution in [0.2, 0.25) is 0 Å². The van der Waals surface area contributed by atoms with Crippen molar-refractivity contribution in [1.82, 2.24) is 5.32 Å². The van der Waals surface area contributed by atoms with Crippen LogP contribution < -0.4 is 5.32 Å². The molecule has 3 atom stereocenters. The number of allylic oxidation sites excluding steroid dienone is 5. The Hall–Kier alpha value is -1.77. The summed E-state index contributed by atoms with van der Waals surface area (Å²) in [6.07, 6.45) is 61.4. The highest BCUT2D eigenvalue weighted by molar-refractivity contribution is 7.47. The molecule has 10 heteroatoms. The molecule has 0 fully saturated rings. The van der Waals surface area contributed by atoms with Gasteiger partial charge >= 0.3 is 13.8 Å². The molecule has 0 aliphatic heterocycles. The summed E-state index contributed by atoms with van der Waals surface area (Å²) in [5, 5.41) is 3.05. The quantitative estimate of drug-likeness (QED) is 0.0205. The molecule has 0 aromatic carbocycles. The van der Waals surface area contributed by atoms with Crippen LogP contribution in [0, 0.1) is 0 Å². The largest absolute Gasteiger partial charge is 0.472 e. The average molecular weight is 1020 g/mol. The maximum Gasteiger partial charge on any atom is 0.472 e. The van der Waals surface area contributed by atoms with Crippen LogP contribution in [0.1, 0.15) is 290 Å². The average Bonchev–Trinajstić information content (AvgIpc) is 3.33.